The zero-order valence-electron chi connectivity index (χ0n) is 9.46. The first kappa shape index (κ1) is 12.3. The highest BCUT2D eigenvalue weighted by Crippen LogP contribution is 2.17. The zero-order chi connectivity index (χ0) is 11.3. The summed E-state index contributed by atoms with van der Waals surface area (Å²) in [5.74, 6) is 0. The molecule has 0 fully saturated rings. The molecule has 0 saturated carbocycles. The lowest BCUT2D eigenvalue weighted by atomic mass is 10.2. The second-order valence-electron chi connectivity index (χ2n) is 3.76. The molecule has 84 valence electrons. The van der Waals surface area contributed by atoms with Crippen LogP contribution in [0.3, 0.4) is 0 Å². The maximum atomic E-state index is 5.96. The fraction of sp³-hybridized carbons (Fsp3) is 0.500. The number of nitrogen functional groups attached to an aromatic ring is 1. The van der Waals surface area contributed by atoms with Crippen LogP contribution in [0.4, 0.5) is 5.69 Å². The third-order valence-electron chi connectivity index (χ3n) is 2.37. The Morgan fingerprint density at radius 2 is 2.00 bits per heavy atom. The van der Waals surface area contributed by atoms with Crippen molar-refractivity contribution < 1.29 is 0 Å². The molecular weight excluding hydrogens is 208 g/mol. The van der Waals surface area contributed by atoms with Crippen molar-refractivity contribution >= 4 is 17.3 Å². The van der Waals surface area contributed by atoms with Gasteiger partial charge in [-0.1, -0.05) is 25.4 Å². The minimum Gasteiger partial charge on any atom is -0.399 e. The van der Waals surface area contributed by atoms with E-state index in [0.29, 0.717) is 0 Å². The minimum absolute atomic E-state index is 0.720. The van der Waals surface area contributed by atoms with E-state index in [1.807, 2.05) is 12.1 Å². The molecule has 0 aromatic heterocycles. The van der Waals surface area contributed by atoms with Crippen LogP contribution in [0.2, 0.25) is 5.02 Å². The van der Waals surface area contributed by atoms with Crippen LogP contribution >= 0.6 is 11.6 Å². The number of benzene rings is 1. The van der Waals surface area contributed by atoms with Gasteiger partial charge < -0.3 is 5.73 Å². The standard InChI is InChI=1S/C12H19ClN2/c1-3-5-15(4-2)9-10-6-11(13)8-12(14)7-10/h6-8H,3-5,9,14H2,1-2H3. The number of halogens is 1. The highest BCUT2D eigenvalue weighted by atomic mass is 35.5. The first-order valence-corrected chi connectivity index (χ1v) is 5.80. The molecule has 15 heavy (non-hydrogen) atoms. The smallest absolute Gasteiger partial charge is 0.0429 e. The van der Waals surface area contributed by atoms with E-state index in [1.165, 1.54) is 12.0 Å². The largest absolute Gasteiger partial charge is 0.399 e. The van der Waals surface area contributed by atoms with E-state index < -0.39 is 0 Å². The molecule has 0 saturated heterocycles. The molecule has 0 aliphatic rings. The summed E-state index contributed by atoms with van der Waals surface area (Å²) in [7, 11) is 0. The highest BCUT2D eigenvalue weighted by molar-refractivity contribution is 6.30. The van der Waals surface area contributed by atoms with Crippen LogP contribution in [0.15, 0.2) is 18.2 Å². The van der Waals surface area contributed by atoms with Crippen molar-refractivity contribution in [2.75, 3.05) is 18.8 Å². The summed E-state index contributed by atoms with van der Waals surface area (Å²) in [5, 5.41) is 0.720. The average molecular weight is 227 g/mol. The minimum atomic E-state index is 0.720. The van der Waals surface area contributed by atoms with Gasteiger partial charge in [-0.2, -0.15) is 0 Å². The van der Waals surface area contributed by atoms with Gasteiger partial charge >= 0.3 is 0 Å². The monoisotopic (exact) mass is 226 g/mol. The molecule has 1 aromatic carbocycles. The van der Waals surface area contributed by atoms with Gasteiger partial charge in [0, 0.05) is 17.3 Å². The molecule has 0 heterocycles. The summed E-state index contributed by atoms with van der Waals surface area (Å²) in [5.41, 5.74) is 7.68. The predicted octanol–water partition coefficient (Wildman–Crippen LogP) is 3.15. The van der Waals surface area contributed by atoms with Gasteiger partial charge in [-0.05, 0) is 43.3 Å². The van der Waals surface area contributed by atoms with Crippen LogP contribution in [0.5, 0.6) is 0 Å². The van der Waals surface area contributed by atoms with Crippen molar-refractivity contribution in [3.05, 3.63) is 28.8 Å². The Kier molecular flexibility index (Phi) is 4.92. The molecule has 2 N–H and O–H groups in total. The summed E-state index contributed by atoms with van der Waals surface area (Å²) in [4.78, 5) is 2.38. The maximum absolute atomic E-state index is 5.96. The Morgan fingerprint density at radius 3 is 2.53 bits per heavy atom. The van der Waals surface area contributed by atoms with Crippen LogP contribution < -0.4 is 5.73 Å². The molecule has 0 spiro atoms. The van der Waals surface area contributed by atoms with Crippen molar-refractivity contribution in [3.8, 4) is 0 Å². The quantitative estimate of drug-likeness (QED) is 0.782. The molecule has 0 atom stereocenters. The lowest BCUT2D eigenvalue weighted by Gasteiger charge is -2.19. The van der Waals surface area contributed by atoms with Gasteiger partial charge in [-0.15, -0.1) is 0 Å². The fourth-order valence-electron chi connectivity index (χ4n) is 1.69. The van der Waals surface area contributed by atoms with Gasteiger partial charge in [0.1, 0.15) is 0 Å². The third-order valence-corrected chi connectivity index (χ3v) is 2.59. The second kappa shape index (κ2) is 5.99. The van der Waals surface area contributed by atoms with Gasteiger partial charge in [-0.3, -0.25) is 4.90 Å². The fourth-order valence-corrected chi connectivity index (χ4v) is 1.96. The molecule has 3 heteroatoms. The van der Waals surface area contributed by atoms with E-state index in [1.54, 1.807) is 6.07 Å². The summed E-state index contributed by atoms with van der Waals surface area (Å²) in [6, 6.07) is 5.75. The van der Waals surface area contributed by atoms with E-state index in [9.17, 15) is 0 Å². The Labute approximate surface area is 97.0 Å². The first-order chi connectivity index (χ1) is 7.15. The van der Waals surface area contributed by atoms with Crippen LogP contribution in [0, 0.1) is 0 Å². The predicted molar refractivity (Wildman–Crippen MR) is 67.1 cm³/mol. The van der Waals surface area contributed by atoms with E-state index in [4.69, 9.17) is 17.3 Å². The topological polar surface area (TPSA) is 29.3 Å². The van der Waals surface area contributed by atoms with Crippen LogP contribution in [-0.4, -0.2) is 18.0 Å². The van der Waals surface area contributed by atoms with Crippen molar-refractivity contribution in [3.63, 3.8) is 0 Å². The number of hydrogen-bond donors (Lipinski definition) is 1. The summed E-state index contributed by atoms with van der Waals surface area (Å²) >= 11 is 5.96. The molecule has 0 unspecified atom stereocenters. The number of nitrogens with two attached hydrogens (primary N) is 1. The SMILES string of the molecule is CCCN(CC)Cc1cc(N)cc(Cl)c1. The molecule has 0 amide bonds. The second-order valence-corrected chi connectivity index (χ2v) is 4.20. The van der Waals surface area contributed by atoms with Crippen molar-refractivity contribution in [1.29, 1.82) is 0 Å². The van der Waals surface area contributed by atoms with Gasteiger partial charge in [0.2, 0.25) is 0 Å². The van der Waals surface area contributed by atoms with Gasteiger partial charge in [0.15, 0.2) is 0 Å². The Bertz CT molecular complexity index is 292. The van der Waals surface area contributed by atoms with Crippen molar-refractivity contribution in [1.82, 2.24) is 4.90 Å². The van der Waals surface area contributed by atoms with Crippen molar-refractivity contribution in [2.24, 2.45) is 0 Å². The Morgan fingerprint density at radius 1 is 1.27 bits per heavy atom. The number of nitrogens with zero attached hydrogens (tertiary/aromatic N) is 1. The molecule has 0 aliphatic heterocycles. The van der Waals surface area contributed by atoms with Crippen molar-refractivity contribution in [2.45, 2.75) is 26.8 Å². The number of hydrogen-bond acceptors (Lipinski definition) is 2. The summed E-state index contributed by atoms with van der Waals surface area (Å²) in [6.07, 6.45) is 1.17. The molecular formula is C12H19ClN2. The van der Waals surface area contributed by atoms with E-state index in [2.05, 4.69) is 18.7 Å². The molecule has 0 radical (unpaired) electrons. The lowest BCUT2D eigenvalue weighted by molar-refractivity contribution is 0.281. The number of anilines is 1. The molecule has 0 aliphatic carbocycles. The molecule has 1 aromatic rings. The Hall–Kier alpha value is -0.730. The van der Waals surface area contributed by atoms with Crippen LogP contribution in [0.25, 0.3) is 0 Å². The van der Waals surface area contributed by atoms with Gasteiger partial charge in [-0.25, -0.2) is 0 Å². The highest BCUT2D eigenvalue weighted by Gasteiger charge is 2.03. The third kappa shape index (κ3) is 4.10. The molecule has 2 nitrogen and oxygen atoms in total. The molecule has 0 bridgehead atoms. The first-order valence-electron chi connectivity index (χ1n) is 5.43. The van der Waals surface area contributed by atoms with Gasteiger partial charge in [0.25, 0.3) is 0 Å². The number of rotatable bonds is 5. The van der Waals surface area contributed by atoms with E-state index in [0.717, 1.165) is 30.3 Å². The van der Waals surface area contributed by atoms with E-state index in [-0.39, 0.29) is 0 Å². The Balaban J connectivity index is 2.69. The van der Waals surface area contributed by atoms with E-state index >= 15 is 0 Å². The molecule has 1 rings (SSSR count). The van der Waals surface area contributed by atoms with Crippen LogP contribution in [-0.2, 0) is 6.54 Å². The summed E-state index contributed by atoms with van der Waals surface area (Å²) < 4.78 is 0. The van der Waals surface area contributed by atoms with Crippen LogP contribution in [0.1, 0.15) is 25.8 Å². The maximum Gasteiger partial charge on any atom is 0.0429 e. The average Bonchev–Trinajstić information content (AvgIpc) is 2.15. The zero-order valence-corrected chi connectivity index (χ0v) is 10.2. The summed E-state index contributed by atoms with van der Waals surface area (Å²) in [6.45, 7) is 7.46. The lowest BCUT2D eigenvalue weighted by Crippen LogP contribution is -2.23. The van der Waals surface area contributed by atoms with Gasteiger partial charge in [0.05, 0.1) is 0 Å². The normalized spacial score (nSPS) is 10.9.